The molecule has 1 aromatic heterocycles. The van der Waals surface area contributed by atoms with Crippen LogP contribution in [0.3, 0.4) is 0 Å². The molecule has 0 unspecified atom stereocenters. The SMILES string of the molecule is O=C(O)N1CCN(c2ccc(-c3ccc(OCc4ccccc4)nc3OCc3ccccc3)cc2)CC1. The van der Waals surface area contributed by atoms with Gasteiger partial charge in [0, 0.05) is 43.5 Å². The molecular weight excluding hydrogens is 466 g/mol. The molecule has 0 aliphatic carbocycles. The van der Waals surface area contributed by atoms with Crippen LogP contribution in [0.4, 0.5) is 10.5 Å². The molecule has 7 heteroatoms. The van der Waals surface area contributed by atoms with Crippen LogP contribution in [0.1, 0.15) is 11.1 Å². The molecule has 4 aromatic rings. The number of nitrogens with zero attached hydrogens (tertiary/aromatic N) is 3. The minimum absolute atomic E-state index is 0.398. The normalized spacial score (nSPS) is 13.3. The third kappa shape index (κ3) is 6.19. The summed E-state index contributed by atoms with van der Waals surface area (Å²) in [5.74, 6) is 1.01. The first-order valence-electron chi connectivity index (χ1n) is 12.3. The molecule has 0 spiro atoms. The lowest BCUT2D eigenvalue weighted by atomic mass is 10.1. The monoisotopic (exact) mass is 495 g/mol. The average molecular weight is 496 g/mol. The Balaban J connectivity index is 1.34. The van der Waals surface area contributed by atoms with Crippen molar-refractivity contribution in [1.82, 2.24) is 9.88 Å². The van der Waals surface area contributed by atoms with Gasteiger partial charge in [-0.2, -0.15) is 4.98 Å². The van der Waals surface area contributed by atoms with E-state index in [4.69, 9.17) is 14.5 Å². The van der Waals surface area contributed by atoms with Crippen molar-refractivity contribution in [3.05, 3.63) is 108 Å². The Morgan fingerprint density at radius 1 is 0.730 bits per heavy atom. The number of anilines is 1. The molecule has 1 saturated heterocycles. The van der Waals surface area contributed by atoms with E-state index in [-0.39, 0.29) is 0 Å². The van der Waals surface area contributed by atoms with Crippen molar-refractivity contribution in [2.24, 2.45) is 0 Å². The molecule has 1 fully saturated rings. The van der Waals surface area contributed by atoms with Gasteiger partial charge >= 0.3 is 6.09 Å². The third-order valence-electron chi connectivity index (χ3n) is 6.38. The number of hydrogen-bond acceptors (Lipinski definition) is 5. The summed E-state index contributed by atoms with van der Waals surface area (Å²) in [5.41, 5.74) is 5.06. The van der Waals surface area contributed by atoms with E-state index in [2.05, 4.69) is 29.2 Å². The number of carbonyl (C=O) groups is 1. The van der Waals surface area contributed by atoms with Gasteiger partial charge in [-0.05, 0) is 34.9 Å². The number of rotatable bonds is 8. The van der Waals surface area contributed by atoms with Crippen LogP contribution in [-0.4, -0.2) is 47.3 Å². The molecule has 7 nitrogen and oxygen atoms in total. The summed E-state index contributed by atoms with van der Waals surface area (Å²) >= 11 is 0. The molecule has 188 valence electrons. The number of benzene rings is 3. The maximum atomic E-state index is 11.2. The molecule has 1 aliphatic heterocycles. The topological polar surface area (TPSA) is 75.1 Å². The zero-order valence-corrected chi connectivity index (χ0v) is 20.5. The number of aromatic nitrogens is 1. The standard InChI is InChI=1S/C30H29N3O4/c34-30(35)33-19-17-32(18-20-33)26-13-11-25(12-14-26)27-15-16-28(36-21-23-7-3-1-4-8-23)31-29(27)37-22-24-9-5-2-6-10-24/h1-16H,17-22H2,(H,34,35). The lowest BCUT2D eigenvalue weighted by Gasteiger charge is -2.34. The highest BCUT2D eigenvalue weighted by Crippen LogP contribution is 2.33. The van der Waals surface area contributed by atoms with Crippen LogP contribution in [0.25, 0.3) is 11.1 Å². The smallest absolute Gasteiger partial charge is 0.407 e. The van der Waals surface area contributed by atoms with Crippen molar-refractivity contribution in [2.45, 2.75) is 13.2 Å². The fourth-order valence-corrected chi connectivity index (χ4v) is 4.30. The molecule has 1 aliphatic rings. The molecule has 5 rings (SSSR count). The fraction of sp³-hybridized carbons (Fsp3) is 0.200. The Labute approximate surface area is 216 Å². The van der Waals surface area contributed by atoms with E-state index in [1.54, 1.807) is 0 Å². The third-order valence-corrected chi connectivity index (χ3v) is 6.38. The number of amides is 1. The van der Waals surface area contributed by atoms with Gasteiger partial charge in [-0.25, -0.2) is 4.79 Å². The Morgan fingerprint density at radius 2 is 1.32 bits per heavy atom. The fourth-order valence-electron chi connectivity index (χ4n) is 4.30. The average Bonchev–Trinajstić information content (AvgIpc) is 2.96. The Bertz CT molecular complexity index is 1310. The molecule has 37 heavy (non-hydrogen) atoms. The minimum Gasteiger partial charge on any atom is -0.473 e. The number of hydrogen-bond donors (Lipinski definition) is 1. The van der Waals surface area contributed by atoms with Gasteiger partial charge in [0.1, 0.15) is 13.2 Å². The minimum atomic E-state index is -0.860. The van der Waals surface area contributed by atoms with Gasteiger partial charge in [0.15, 0.2) is 0 Å². The van der Waals surface area contributed by atoms with Crippen LogP contribution in [0.2, 0.25) is 0 Å². The highest BCUT2D eigenvalue weighted by molar-refractivity contribution is 5.71. The van der Waals surface area contributed by atoms with Gasteiger partial charge in [0.2, 0.25) is 11.8 Å². The zero-order valence-electron chi connectivity index (χ0n) is 20.5. The van der Waals surface area contributed by atoms with Gasteiger partial charge in [-0.3, -0.25) is 0 Å². The van der Waals surface area contributed by atoms with E-state index < -0.39 is 6.09 Å². The van der Waals surface area contributed by atoms with Crippen molar-refractivity contribution in [1.29, 1.82) is 0 Å². The number of pyridine rings is 1. The van der Waals surface area contributed by atoms with Gasteiger partial charge < -0.3 is 24.4 Å². The highest BCUT2D eigenvalue weighted by Gasteiger charge is 2.20. The first-order chi connectivity index (χ1) is 18.2. The van der Waals surface area contributed by atoms with Crippen molar-refractivity contribution in [2.75, 3.05) is 31.1 Å². The molecule has 0 atom stereocenters. The first kappa shape index (κ1) is 24.2. The lowest BCUT2D eigenvalue weighted by Crippen LogP contribution is -2.48. The number of ether oxygens (including phenoxy) is 2. The van der Waals surface area contributed by atoms with Crippen LogP contribution in [-0.2, 0) is 13.2 Å². The van der Waals surface area contributed by atoms with Gasteiger partial charge in [0.05, 0.1) is 0 Å². The van der Waals surface area contributed by atoms with Crippen molar-refractivity contribution < 1.29 is 19.4 Å². The quantitative estimate of drug-likeness (QED) is 0.338. The van der Waals surface area contributed by atoms with Crippen molar-refractivity contribution in [3.8, 4) is 22.9 Å². The van der Waals surface area contributed by atoms with Crippen LogP contribution < -0.4 is 14.4 Å². The van der Waals surface area contributed by atoms with E-state index >= 15 is 0 Å². The van der Waals surface area contributed by atoms with E-state index in [0.717, 1.165) is 27.9 Å². The predicted molar refractivity (Wildman–Crippen MR) is 143 cm³/mol. The van der Waals surface area contributed by atoms with Crippen molar-refractivity contribution in [3.63, 3.8) is 0 Å². The first-order valence-corrected chi connectivity index (χ1v) is 12.3. The molecule has 0 saturated carbocycles. The second-order valence-electron chi connectivity index (χ2n) is 8.85. The number of carboxylic acid groups (broad SMARTS) is 1. The molecule has 3 aromatic carbocycles. The highest BCUT2D eigenvalue weighted by atomic mass is 16.5. The van der Waals surface area contributed by atoms with E-state index in [1.807, 2.05) is 72.8 Å². The van der Waals surface area contributed by atoms with Crippen LogP contribution in [0, 0.1) is 0 Å². The van der Waals surface area contributed by atoms with Crippen molar-refractivity contribution >= 4 is 11.8 Å². The van der Waals surface area contributed by atoms with Gasteiger partial charge in [-0.1, -0.05) is 72.8 Å². The summed E-state index contributed by atoms with van der Waals surface area (Å²) in [5, 5.41) is 9.19. The van der Waals surface area contributed by atoms with Gasteiger partial charge in [-0.15, -0.1) is 0 Å². The summed E-state index contributed by atoms with van der Waals surface area (Å²) in [7, 11) is 0. The molecule has 1 amide bonds. The maximum absolute atomic E-state index is 11.2. The Morgan fingerprint density at radius 3 is 1.92 bits per heavy atom. The molecular formula is C30H29N3O4. The molecule has 0 radical (unpaired) electrons. The summed E-state index contributed by atoms with van der Waals surface area (Å²) < 4.78 is 12.1. The summed E-state index contributed by atoms with van der Waals surface area (Å²) in [6.07, 6.45) is -0.860. The Hall–Kier alpha value is -4.52. The molecule has 0 bridgehead atoms. The molecule has 2 heterocycles. The molecule has 1 N–H and O–H groups in total. The van der Waals surface area contributed by atoms with Crippen LogP contribution >= 0.6 is 0 Å². The van der Waals surface area contributed by atoms with Crippen LogP contribution in [0.15, 0.2) is 97.1 Å². The lowest BCUT2D eigenvalue weighted by molar-refractivity contribution is 0.142. The summed E-state index contributed by atoms with van der Waals surface area (Å²) in [6, 6.07) is 32.1. The second kappa shape index (κ2) is 11.5. The zero-order chi connectivity index (χ0) is 25.5. The Kier molecular flexibility index (Phi) is 7.50. The van der Waals surface area contributed by atoms with E-state index in [9.17, 15) is 9.90 Å². The predicted octanol–water partition coefficient (Wildman–Crippen LogP) is 5.71. The second-order valence-corrected chi connectivity index (χ2v) is 8.85. The maximum Gasteiger partial charge on any atom is 0.407 e. The van der Waals surface area contributed by atoms with Crippen LogP contribution in [0.5, 0.6) is 11.8 Å². The summed E-state index contributed by atoms with van der Waals surface area (Å²) in [4.78, 5) is 19.5. The summed E-state index contributed by atoms with van der Waals surface area (Å²) in [6.45, 7) is 3.17. The van der Waals surface area contributed by atoms with Gasteiger partial charge in [0.25, 0.3) is 0 Å². The largest absolute Gasteiger partial charge is 0.473 e. The van der Waals surface area contributed by atoms with E-state index in [1.165, 1.54) is 4.90 Å². The number of piperazine rings is 1. The van der Waals surface area contributed by atoms with E-state index in [0.29, 0.717) is 51.2 Å².